The molecule has 0 radical (unpaired) electrons. The number of rotatable bonds is 6. The van der Waals surface area contributed by atoms with Crippen LogP contribution in [0.15, 0.2) is 18.3 Å². The Bertz CT molecular complexity index is 380. The Morgan fingerprint density at radius 3 is 2.60 bits per heavy atom. The molecular formula is C17H29N3. The first kappa shape index (κ1) is 15.3. The molecule has 3 heteroatoms. The third-order valence-electron chi connectivity index (χ3n) is 4.47. The minimum absolute atomic E-state index is 0.342. The smallest absolute Gasteiger partial charge is 0.0572 e. The SMILES string of the molecule is CCCNC(C)c1ccc(N2CCC(CC)CC2)cn1. The molecule has 1 atom stereocenters. The Morgan fingerprint density at radius 2 is 2.05 bits per heavy atom. The van der Waals surface area contributed by atoms with Crippen LogP contribution in [0.4, 0.5) is 5.69 Å². The average Bonchev–Trinajstić information content (AvgIpc) is 2.53. The van der Waals surface area contributed by atoms with Gasteiger partial charge in [0, 0.05) is 19.1 Å². The van der Waals surface area contributed by atoms with Crippen LogP contribution >= 0.6 is 0 Å². The summed E-state index contributed by atoms with van der Waals surface area (Å²) in [7, 11) is 0. The number of anilines is 1. The molecule has 2 heterocycles. The molecule has 20 heavy (non-hydrogen) atoms. The van der Waals surface area contributed by atoms with E-state index >= 15 is 0 Å². The Labute approximate surface area is 123 Å². The largest absolute Gasteiger partial charge is 0.370 e. The topological polar surface area (TPSA) is 28.2 Å². The lowest BCUT2D eigenvalue weighted by Gasteiger charge is -2.33. The van der Waals surface area contributed by atoms with Crippen LogP contribution in [0.25, 0.3) is 0 Å². The Kier molecular flexibility index (Phi) is 5.84. The lowest BCUT2D eigenvalue weighted by Crippen LogP contribution is -2.33. The van der Waals surface area contributed by atoms with Gasteiger partial charge in [0.15, 0.2) is 0 Å². The van der Waals surface area contributed by atoms with Gasteiger partial charge in [0.05, 0.1) is 17.6 Å². The van der Waals surface area contributed by atoms with Crippen LogP contribution in [0, 0.1) is 5.92 Å². The average molecular weight is 275 g/mol. The van der Waals surface area contributed by atoms with Crippen molar-refractivity contribution < 1.29 is 0 Å². The lowest BCUT2D eigenvalue weighted by atomic mass is 9.94. The van der Waals surface area contributed by atoms with E-state index in [1.54, 1.807) is 0 Å². The first-order valence-electron chi connectivity index (χ1n) is 8.18. The van der Waals surface area contributed by atoms with E-state index < -0.39 is 0 Å². The summed E-state index contributed by atoms with van der Waals surface area (Å²) in [5.41, 5.74) is 2.43. The highest BCUT2D eigenvalue weighted by Crippen LogP contribution is 2.25. The van der Waals surface area contributed by atoms with Crippen molar-refractivity contribution in [2.75, 3.05) is 24.5 Å². The molecule has 0 bridgehead atoms. The second-order valence-electron chi connectivity index (χ2n) is 5.96. The standard InChI is InChI=1S/C17H29N3/c1-4-10-18-14(3)17-7-6-16(13-19-17)20-11-8-15(5-2)9-12-20/h6-7,13-15,18H,4-5,8-12H2,1-3H3. The summed E-state index contributed by atoms with van der Waals surface area (Å²) in [6, 6.07) is 4.75. The zero-order valence-corrected chi connectivity index (χ0v) is 13.2. The number of nitrogens with one attached hydrogen (secondary N) is 1. The maximum atomic E-state index is 4.64. The second-order valence-corrected chi connectivity index (χ2v) is 5.96. The molecule has 1 aliphatic rings. The summed E-state index contributed by atoms with van der Waals surface area (Å²) in [5.74, 6) is 0.928. The Hall–Kier alpha value is -1.09. The highest BCUT2D eigenvalue weighted by Gasteiger charge is 2.18. The van der Waals surface area contributed by atoms with Crippen molar-refractivity contribution in [3.05, 3.63) is 24.0 Å². The maximum Gasteiger partial charge on any atom is 0.0572 e. The third-order valence-corrected chi connectivity index (χ3v) is 4.47. The monoisotopic (exact) mass is 275 g/mol. The van der Waals surface area contributed by atoms with Gasteiger partial charge in [-0.1, -0.05) is 20.3 Å². The highest BCUT2D eigenvalue weighted by molar-refractivity contribution is 5.45. The molecule has 1 aliphatic heterocycles. The van der Waals surface area contributed by atoms with Gasteiger partial charge in [-0.3, -0.25) is 4.98 Å². The predicted octanol–water partition coefficient (Wildman–Crippen LogP) is 3.77. The number of piperidine rings is 1. The molecule has 0 aliphatic carbocycles. The van der Waals surface area contributed by atoms with Crippen LogP contribution in [0.1, 0.15) is 58.2 Å². The Morgan fingerprint density at radius 1 is 1.30 bits per heavy atom. The predicted molar refractivity (Wildman–Crippen MR) is 86.2 cm³/mol. The summed E-state index contributed by atoms with van der Waals surface area (Å²) in [4.78, 5) is 7.12. The van der Waals surface area contributed by atoms with E-state index in [1.165, 1.54) is 38.0 Å². The first-order chi connectivity index (χ1) is 9.74. The van der Waals surface area contributed by atoms with Crippen LogP contribution < -0.4 is 10.2 Å². The third kappa shape index (κ3) is 3.95. The molecular weight excluding hydrogens is 246 g/mol. The highest BCUT2D eigenvalue weighted by atomic mass is 15.1. The van der Waals surface area contributed by atoms with E-state index in [4.69, 9.17) is 0 Å². The molecule has 0 spiro atoms. The van der Waals surface area contributed by atoms with Gasteiger partial charge in [-0.25, -0.2) is 0 Å². The first-order valence-corrected chi connectivity index (χ1v) is 8.18. The van der Waals surface area contributed by atoms with Crippen molar-refractivity contribution in [1.82, 2.24) is 10.3 Å². The molecule has 112 valence electrons. The van der Waals surface area contributed by atoms with Crippen LogP contribution in [0.5, 0.6) is 0 Å². The summed E-state index contributed by atoms with van der Waals surface area (Å²) < 4.78 is 0. The van der Waals surface area contributed by atoms with E-state index in [9.17, 15) is 0 Å². The fourth-order valence-corrected chi connectivity index (χ4v) is 2.91. The Balaban J connectivity index is 1.91. The zero-order valence-electron chi connectivity index (χ0n) is 13.2. The van der Waals surface area contributed by atoms with Gasteiger partial charge in [0.25, 0.3) is 0 Å². The molecule has 1 saturated heterocycles. The molecule has 0 amide bonds. The number of hydrogen-bond donors (Lipinski definition) is 1. The molecule has 1 N–H and O–H groups in total. The normalized spacial score (nSPS) is 18.2. The van der Waals surface area contributed by atoms with Crippen molar-refractivity contribution in [1.29, 1.82) is 0 Å². The van der Waals surface area contributed by atoms with Crippen molar-refractivity contribution in [2.24, 2.45) is 5.92 Å². The fourth-order valence-electron chi connectivity index (χ4n) is 2.91. The molecule has 3 nitrogen and oxygen atoms in total. The molecule has 0 aromatic carbocycles. The van der Waals surface area contributed by atoms with Crippen LogP contribution in [0.3, 0.4) is 0 Å². The minimum atomic E-state index is 0.342. The summed E-state index contributed by atoms with van der Waals surface area (Å²) >= 11 is 0. The quantitative estimate of drug-likeness (QED) is 0.856. The molecule has 1 aromatic heterocycles. The molecule has 0 saturated carbocycles. The van der Waals surface area contributed by atoms with E-state index in [0.717, 1.165) is 24.6 Å². The molecule has 1 fully saturated rings. The lowest BCUT2D eigenvalue weighted by molar-refractivity contribution is 0.395. The summed E-state index contributed by atoms with van der Waals surface area (Å²) in [5, 5.41) is 3.48. The fraction of sp³-hybridized carbons (Fsp3) is 0.706. The van der Waals surface area contributed by atoms with Crippen molar-refractivity contribution >= 4 is 5.69 Å². The zero-order chi connectivity index (χ0) is 14.4. The summed E-state index contributed by atoms with van der Waals surface area (Å²) in [6.45, 7) is 10.1. The number of aromatic nitrogens is 1. The van der Waals surface area contributed by atoms with Gasteiger partial charge in [-0.05, 0) is 50.8 Å². The molecule has 2 rings (SSSR count). The van der Waals surface area contributed by atoms with Crippen LogP contribution in [-0.2, 0) is 0 Å². The van der Waals surface area contributed by atoms with E-state index in [2.05, 4.69) is 48.1 Å². The van der Waals surface area contributed by atoms with E-state index in [-0.39, 0.29) is 0 Å². The van der Waals surface area contributed by atoms with Gasteiger partial charge in [-0.2, -0.15) is 0 Å². The second kappa shape index (κ2) is 7.63. The van der Waals surface area contributed by atoms with Gasteiger partial charge >= 0.3 is 0 Å². The van der Waals surface area contributed by atoms with Crippen molar-refractivity contribution in [2.45, 2.75) is 52.5 Å². The number of nitrogens with zero attached hydrogens (tertiary/aromatic N) is 2. The van der Waals surface area contributed by atoms with Crippen molar-refractivity contribution in [3.8, 4) is 0 Å². The number of hydrogen-bond acceptors (Lipinski definition) is 3. The van der Waals surface area contributed by atoms with Gasteiger partial charge < -0.3 is 10.2 Å². The van der Waals surface area contributed by atoms with E-state index in [0.29, 0.717) is 6.04 Å². The summed E-state index contributed by atoms with van der Waals surface area (Å²) in [6.07, 6.45) is 7.19. The van der Waals surface area contributed by atoms with Crippen LogP contribution in [0.2, 0.25) is 0 Å². The van der Waals surface area contributed by atoms with Crippen molar-refractivity contribution in [3.63, 3.8) is 0 Å². The van der Waals surface area contributed by atoms with Gasteiger partial charge in [-0.15, -0.1) is 0 Å². The van der Waals surface area contributed by atoms with Gasteiger partial charge in [0.1, 0.15) is 0 Å². The number of pyridine rings is 1. The van der Waals surface area contributed by atoms with E-state index in [1.807, 2.05) is 6.20 Å². The molecule has 1 aromatic rings. The van der Waals surface area contributed by atoms with Crippen LogP contribution in [-0.4, -0.2) is 24.6 Å². The maximum absolute atomic E-state index is 4.64. The van der Waals surface area contributed by atoms with Gasteiger partial charge in [0.2, 0.25) is 0 Å². The minimum Gasteiger partial charge on any atom is -0.370 e. The molecule has 1 unspecified atom stereocenters.